The Bertz CT molecular complexity index is 841. The maximum Gasteiger partial charge on any atom is 0.171 e. The van der Waals surface area contributed by atoms with Crippen molar-refractivity contribution in [1.82, 2.24) is 0 Å². The first-order valence-electron chi connectivity index (χ1n) is 8.47. The number of benzene rings is 3. The van der Waals surface area contributed by atoms with E-state index in [9.17, 15) is 9.36 Å². The summed E-state index contributed by atoms with van der Waals surface area (Å²) < 4.78 is 14.1. The number of Topliss-reactive ketones (excluding diaryl/α,β-unsaturated/α-hetero) is 1. The molecule has 25 heavy (non-hydrogen) atoms. The summed E-state index contributed by atoms with van der Waals surface area (Å²) >= 11 is 0. The van der Waals surface area contributed by atoms with Gasteiger partial charge in [-0.3, -0.25) is 4.79 Å². The van der Waals surface area contributed by atoms with E-state index in [1.54, 1.807) is 0 Å². The number of ketones is 1. The molecule has 0 amide bonds. The molecule has 0 N–H and O–H groups in total. The minimum Gasteiger partial charge on any atom is -0.309 e. The molecule has 3 aromatic carbocycles. The monoisotopic (exact) mass is 348 g/mol. The molecule has 0 radical (unpaired) electrons. The van der Waals surface area contributed by atoms with Crippen molar-refractivity contribution in [1.29, 1.82) is 0 Å². The molecular formula is C22H21O2P. The minimum atomic E-state index is -2.92. The topological polar surface area (TPSA) is 34.1 Å². The smallest absolute Gasteiger partial charge is 0.171 e. The maximum atomic E-state index is 14.1. The highest BCUT2D eigenvalue weighted by Crippen LogP contribution is 2.42. The fraction of sp³-hybridized carbons (Fsp3) is 0.136. The van der Waals surface area contributed by atoms with E-state index in [0.29, 0.717) is 12.8 Å². The summed E-state index contributed by atoms with van der Waals surface area (Å²) in [6, 6.07) is 26.8. The van der Waals surface area contributed by atoms with Crippen LogP contribution in [0.2, 0.25) is 0 Å². The van der Waals surface area contributed by atoms with Gasteiger partial charge in [0.05, 0.1) is 0 Å². The van der Waals surface area contributed by atoms with Gasteiger partial charge >= 0.3 is 0 Å². The summed E-state index contributed by atoms with van der Waals surface area (Å²) in [5.41, 5.74) is 0.961. The quantitative estimate of drug-likeness (QED) is 0.634. The lowest BCUT2D eigenvalue weighted by molar-refractivity contribution is -0.118. The van der Waals surface area contributed by atoms with Gasteiger partial charge < -0.3 is 4.57 Å². The van der Waals surface area contributed by atoms with Gasteiger partial charge in [-0.1, -0.05) is 91.9 Å². The maximum absolute atomic E-state index is 14.1. The van der Waals surface area contributed by atoms with Gasteiger partial charge in [0.2, 0.25) is 0 Å². The second-order valence-electron chi connectivity index (χ2n) is 6.02. The molecule has 2 nitrogen and oxygen atoms in total. The van der Waals surface area contributed by atoms with Crippen molar-refractivity contribution >= 4 is 28.8 Å². The molecule has 0 aromatic heterocycles. The third-order valence-corrected chi connectivity index (χ3v) is 7.41. The van der Waals surface area contributed by atoms with Gasteiger partial charge in [-0.05, 0) is 5.56 Å². The molecule has 0 atom stereocenters. The molecule has 3 heteroatoms. The molecule has 0 unspecified atom stereocenters. The van der Waals surface area contributed by atoms with Gasteiger partial charge in [0.1, 0.15) is 5.78 Å². The Kier molecular flexibility index (Phi) is 5.31. The predicted molar refractivity (Wildman–Crippen MR) is 105 cm³/mol. The zero-order chi connectivity index (χ0) is 17.7. The number of carbonyl (C=O) groups is 1. The lowest BCUT2D eigenvalue weighted by Gasteiger charge is -2.20. The molecule has 0 aliphatic rings. The van der Waals surface area contributed by atoms with E-state index in [1.165, 1.54) is 0 Å². The van der Waals surface area contributed by atoms with Crippen molar-refractivity contribution in [2.75, 3.05) is 0 Å². The van der Waals surface area contributed by atoms with Crippen LogP contribution in [0.3, 0.4) is 0 Å². The molecule has 0 bridgehead atoms. The molecule has 0 saturated heterocycles. The van der Waals surface area contributed by atoms with Crippen molar-refractivity contribution < 1.29 is 9.36 Å². The summed E-state index contributed by atoms with van der Waals surface area (Å²) in [6.45, 7) is 1.87. The van der Waals surface area contributed by atoms with E-state index in [2.05, 4.69) is 0 Å². The van der Waals surface area contributed by atoms with Gasteiger partial charge in [0, 0.05) is 28.8 Å². The molecule has 0 heterocycles. The lowest BCUT2D eigenvalue weighted by atomic mass is 10.1. The minimum absolute atomic E-state index is 0.210. The van der Waals surface area contributed by atoms with Crippen molar-refractivity contribution in [3.63, 3.8) is 0 Å². The number of carbonyl (C=O) groups excluding carboxylic acids is 1. The standard InChI is InChI=1S/C22H21O2P/c1-2-19(23)17-18-13-15-22(16-14-18)25(24,20-9-5-3-6-10-20)21-11-7-4-8-12-21/h3-16H,2,17H2,1H3. The average Bonchev–Trinajstić information content (AvgIpc) is 2.69. The van der Waals surface area contributed by atoms with Gasteiger partial charge in [-0.25, -0.2) is 0 Å². The third kappa shape index (κ3) is 3.65. The molecule has 0 spiro atoms. The fourth-order valence-corrected chi connectivity index (χ4v) is 5.55. The first kappa shape index (κ1) is 17.4. The Morgan fingerprint density at radius 1 is 0.720 bits per heavy atom. The number of rotatable bonds is 6. The molecule has 3 aromatic rings. The van der Waals surface area contributed by atoms with Crippen molar-refractivity contribution in [2.24, 2.45) is 0 Å². The molecule has 0 aliphatic heterocycles. The van der Waals surface area contributed by atoms with Crippen molar-refractivity contribution in [2.45, 2.75) is 19.8 Å². The summed E-state index contributed by atoms with van der Waals surface area (Å²) in [5, 5.41) is 2.43. The van der Waals surface area contributed by atoms with Crippen LogP contribution in [0.15, 0.2) is 84.9 Å². The number of hydrogen-bond donors (Lipinski definition) is 0. The van der Waals surface area contributed by atoms with E-state index in [4.69, 9.17) is 0 Å². The van der Waals surface area contributed by atoms with Crippen LogP contribution in [0.4, 0.5) is 0 Å². The Morgan fingerprint density at radius 3 is 1.60 bits per heavy atom. The second-order valence-corrected chi connectivity index (χ2v) is 8.78. The molecule has 3 rings (SSSR count). The normalized spacial score (nSPS) is 11.2. The molecule has 126 valence electrons. The van der Waals surface area contributed by atoms with Crippen LogP contribution < -0.4 is 15.9 Å². The van der Waals surface area contributed by atoms with Crippen LogP contribution in [0.1, 0.15) is 18.9 Å². The van der Waals surface area contributed by atoms with Crippen molar-refractivity contribution in [3.8, 4) is 0 Å². The van der Waals surface area contributed by atoms with E-state index >= 15 is 0 Å². The van der Waals surface area contributed by atoms with Crippen LogP contribution >= 0.6 is 7.14 Å². The van der Waals surface area contributed by atoms with Crippen LogP contribution in [-0.4, -0.2) is 5.78 Å². The summed E-state index contributed by atoms with van der Waals surface area (Å²) in [4.78, 5) is 11.7. The van der Waals surface area contributed by atoms with Gasteiger partial charge in [0.25, 0.3) is 0 Å². The third-order valence-electron chi connectivity index (χ3n) is 4.34. The van der Waals surface area contributed by atoms with E-state index in [0.717, 1.165) is 21.5 Å². The SMILES string of the molecule is CCC(=O)Cc1ccc(P(=O)(c2ccccc2)c2ccccc2)cc1. The van der Waals surface area contributed by atoms with E-state index < -0.39 is 7.14 Å². The van der Waals surface area contributed by atoms with Gasteiger partial charge in [0.15, 0.2) is 7.14 Å². The molecular weight excluding hydrogens is 327 g/mol. The van der Waals surface area contributed by atoms with Crippen LogP contribution in [0, 0.1) is 0 Å². The molecule has 0 fully saturated rings. The van der Waals surface area contributed by atoms with Crippen molar-refractivity contribution in [3.05, 3.63) is 90.5 Å². The molecule has 0 aliphatic carbocycles. The van der Waals surface area contributed by atoms with E-state index in [-0.39, 0.29) is 5.78 Å². The fourth-order valence-electron chi connectivity index (χ4n) is 2.90. The van der Waals surface area contributed by atoms with E-state index in [1.807, 2.05) is 91.9 Å². The highest BCUT2D eigenvalue weighted by Gasteiger charge is 2.29. The van der Waals surface area contributed by atoms with Gasteiger partial charge in [-0.2, -0.15) is 0 Å². The zero-order valence-electron chi connectivity index (χ0n) is 14.3. The summed E-state index contributed by atoms with van der Waals surface area (Å²) in [5.74, 6) is 0.210. The first-order chi connectivity index (χ1) is 12.1. The van der Waals surface area contributed by atoms with Crippen LogP contribution in [-0.2, 0) is 15.8 Å². The van der Waals surface area contributed by atoms with Gasteiger partial charge in [-0.15, -0.1) is 0 Å². The zero-order valence-corrected chi connectivity index (χ0v) is 15.2. The Balaban J connectivity index is 2.07. The highest BCUT2D eigenvalue weighted by molar-refractivity contribution is 7.85. The largest absolute Gasteiger partial charge is 0.309 e. The lowest BCUT2D eigenvalue weighted by Crippen LogP contribution is -2.25. The average molecular weight is 348 g/mol. The highest BCUT2D eigenvalue weighted by atomic mass is 31.2. The summed E-state index contributed by atoms with van der Waals surface area (Å²) in [7, 11) is -2.92. The van der Waals surface area contributed by atoms with Crippen LogP contribution in [0.5, 0.6) is 0 Å². The predicted octanol–water partition coefficient (Wildman–Crippen LogP) is 3.85. The Hall–Kier alpha value is -2.44. The Labute approximate surface area is 148 Å². The number of hydrogen-bond acceptors (Lipinski definition) is 2. The summed E-state index contributed by atoms with van der Waals surface area (Å²) in [6.07, 6.45) is 0.964. The first-order valence-corrected chi connectivity index (χ1v) is 10.2. The Morgan fingerprint density at radius 2 is 1.16 bits per heavy atom. The second kappa shape index (κ2) is 7.63. The molecule has 0 saturated carbocycles. The van der Waals surface area contributed by atoms with Crippen LogP contribution in [0.25, 0.3) is 0 Å².